The molecule has 1 aliphatic heterocycles. The Morgan fingerprint density at radius 2 is 2.23 bits per heavy atom. The van der Waals surface area contributed by atoms with Crippen LogP contribution >= 0.6 is 7.82 Å². The number of nitrogen functional groups attached to an aromatic ring is 1. The topological polar surface area (TPSA) is 177 Å². The van der Waals surface area contributed by atoms with Gasteiger partial charge in [0.1, 0.15) is 24.1 Å². The normalized spacial score (nSPS) is 32.3. The van der Waals surface area contributed by atoms with Crippen molar-refractivity contribution in [2.45, 2.75) is 31.0 Å². The van der Waals surface area contributed by atoms with Gasteiger partial charge in [-0.25, -0.2) is 9.36 Å². The number of hydrogen-bond donors (Lipinski definition) is 5. The third-order valence-electron chi connectivity index (χ3n) is 3.36. The van der Waals surface area contributed by atoms with Crippen molar-refractivity contribution >= 4 is 13.6 Å². The number of aliphatic hydroxyl groups excluding tert-OH is 2. The lowest BCUT2D eigenvalue weighted by Gasteiger charge is -2.29. The standard InChI is InChI=1S/C10H16N3O8P/c1-10(13-3-2-6(11)12-9(13)16)8(15)7(5(4-14)20-10)21-22(17,18)19/h2-3,5,7-8,14-15H,4H2,1H3,(H2,11,12,16)(H2,17,18,19)/t5-,7-,8-,10-/m1/s1. The summed E-state index contributed by atoms with van der Waals surface area (Å²) in [5.41, 5.74) is 2.79. The van der Waals surface area contributed by atoms with Gasteiger partial charge in [0.15, 0.2) is 5.72 Å². The number of phosphoric ester groups is 1. The fourth-order valence-corrected chi connectivity index (χ4v) is 2.90. The van der Waals surface area contributed by atoms with E-state index in [9.17, 15) is 19.6 Å². The Hall–Kier alpha value is -1.33. The van der Waals surface area contributed by atoms with E-state index in [0.717, 1.165) is 4.57 Å². The van der Waals surface area contributed by atoms with Crippen molar-refractivity contribution in [2.24, 2.45) is 0 Å². The van der Waals surface area contributed by atoms with Crippen LogP contribution in [0.4, 0.5) is 5.82 Å². The molecule has 0 aliphatic carbocycles. The molecule has 0 amide bonds. The van der Waals surface area contributed by atoms with E-state index in [1.807, 2.05) is 0 Å². The minimum atomic E-state index is -4.94. The quantitative estimate of drug-likeness (QED) is 0.376. The summed E-state index contributed by atoms with van der Waals surface area (Å²) >= 11 is 0. The fraction of sp³-hybridized carbons (Fsp3) is 0.600. The average Bonchev–Trinajstić information content (AvgIpc) is 2.62. The van der Waals surface area contributed by atoms with E-state index >= 15 is 0 Å². The van der Waals surface area contributed by atoms with Gasteiger partial charge in [-0.15, -0.1) is 0 Å². The Balaban J connectivity index is 2.43. The number of ether oxygens (including phenoxy) is 1. The Morgan fingerprint density at radius 1 is 1.59 bits per heavy atom. The smallest absolute Gasteiger partial charge is 0.394 e. The van der Waals surface area contributed by atoms with E-state index < -0.39 is 44.2 Å². The number of nitrogens with two attached hydrogens (primary N) is 1. The van der Waals surface area contributed by atoms with Crippen LogP contribution < -0.4 is 11.4 Å². The number of hydrogen-bond acceptors (Lipinski definition) is 8. The molecule has 4 atom stereocenters. The Bertz CT molecular complexity index is 660. The summed E-state index contributed by atoms with van der Waals surface area (Å²) in [6, 6.07) is 1.29. The molecule has 1 saturated heterocycles. The molecule has 2 rings (SSSR count). The highest BCUT2D eigenvalue weighted by molar-refractivity contribution is 7.46. The lowest BCUT2D eigenvalue weighted by molar-refractivity contribution is -0.137. The minimum Gasteiger partial charge on any atom is -0.394 e. The van der Waals surface area contributed by atoms with Crippen LogP contribution in [-0.2, 0) is 19.6 Å². The predicted octanol–water partition coefficient (Wildman–Crippen LogP) is -2.27. The predicted molar refractivity (Wildman–Crippen MR) is 71.4 cm³/mol. The van der Waals surface area contributed by atoms with Crippen molar-refractivity contribution in [3.05, 3.63) is 22.7 Å². The van der Waals surface area contributed by atoms with E-state index in [-0.39, 0.29) is 5.82 Å². The van der Waals surface area contributed by atoms with Gasteiger partial charge < -0.3 is 30.5 Å². The maximum atomic E-state index is 11.9. The second kappa shape index (κ2) is 5.70. The highest BCUT2D eigenvalue weighted by Crippen LogP contribution is 2.45. The molecule has 0 unspecified atom stereocenters. The molecule has 0 spiro atoms. The van der Waals surface area contributed by atoms with Gasteiger partial charge in [-0.2, -0.15) is 4.98 Å². The van der Waals surface area contributed by atoms with E-state index in [2.05, 4.69) is 9.51 Å². The Morgan fingerprint density at radius 3 is 2.73 bits per heavy atom. The van der Waals surface area contributed by atoms with Gasteiger partial charge in [0.05, 0.1) is 6.61 Å². The number of anilines is 1. The van der Waals surface area contributed by atoms with Crippen molar-refractivity contribution in [3.8, 4) is 0 Å². The van der Waals surface area contributed by atoms with Gasteiger partial charge in [-0.3, -0.25) is 9.09 Å². The average molecular weight is 337 g/mol. The molecule has 0 radical (unpaired) electrons. The molecule has 6 N–H and O–H groups in total. The van der Waals surface area contributed by atoms with Gasteiger partial charge >= 0.3 is 13.5 Å². The summed E-state index contributed by atoms with van der Waals surface area (Å²) < 4.78 is 21.7. The molecule has 0 aromatic carbocycles. The highest BCUT2D eigenvalue weighted by atomic mass is 31.2. The molecule has 1 aromatic rings. The summed E-state index contributed by atoms with van der Waals surface area (Å²) in [7, 11) is -4.94. The lowest BCUT2D eigenvalue weighted by atomic mass is 10.0. The van der Waals surface area contributed by atoms with Gasteiger partial charge in [-0.05, 0) is 13.0 Å². The van der Waals surface area contributed by atoms with Crippen LogP contribution in [0.15, 0.2) is 17.1 Å². The first-order valence-corrected chi connectivity index (χ1v) is 7.68. The third-order valence-corrected chi connectivity index (χ3v) is 3.88. The molecule has 12 heteroatoms. The number of nitrogens with zero attached hydrogens (tertiary/aromatic N) is 2. The second-order valence-corrected chi connectivity index (χ2v) is 6.10. The molecule has 1 fully saturated rings. The van der Waals surface area contributed by atoms with Crippen LogP contribution in [0.3, 0.4) is 0 Å². The van der Waals surface area contributed by atoms with Crippen molar-refractivity contribution in [2.75, 3.05) is 12.3 Å². The second-order valence-electron chi connectivity index (χ2n) is 4.90. The largest absolute Gasteiger partial charge is 0.470 e. The van der Waals surface area contributed by atoms with Gasteiger partial charge in [0.25, 0.3) is 0 Å². The molecule has 124 valence electrons. The first-order chi connectivity index (χ1) is 10.1. The molecule has 1 aliphatic rings. The zero-order chi connectivity index (χ0) is 16.7. The van der Waals surface area contributed by atoms with Crippen LogP contribution in [-0.4, -0.2) is 54.5 Å². The van der Waals surface area contributed by atoms with Crippen molar-refractivity contribution in [1.29, 1.82) is 0 Å². The Labute approximate surface area is 124 Å². The maximum absolute atomic E-state index is 11.9. The monoisotopic (exact) mass is 337 g/mol. The van der Waals surface area contributed by atoms with E-state index in [4.69, 9.17) is 20.3 Å². The minimum absolute atomic E-state index is 0.0425. The first kappa shape index (κ1) is 17.0. The van der Waals surface area contributed by atoms with Crippen LogP contribution in [0.5, 0.6) is 0 Å². The highest BCUT2D eigenvalue weighted by Gasteiger charge is 2.55. The molecular weight excluding hydrogens is 321 g/mol. The molecule has 11 nitrogen and oxygen atoms in total. The van der Waals surface area contributed by atoms with Crippen LogP contribution in [0.2, 0.25) is 0 Å². The summed E-state index contributed by atoms with van der Waals surface area (Å²) in [4.78, 5) is 33.1. The van der Waals surface area contributed by atoms with Crippen molar-refractivity contribution < 1.29 is 33.8 Å². The van der Waals surface area contributed by atoms with Crippen LogP contribution in [0, 0.1) is 0 Å². The van der Waals surface area contributed by atoms with Crippen LogP contribution in [0.25, 0.3) is 0 Å². The third kappa shape index (κ3) is 3.06. The molecule has 0 saturated carbocycles. The van der Waals surface area contributed by atoms with E-state index in [1.165, 1.54) is 19.2 Å². The number of phosphoric acid groups is 1. The van der Waals surface area contributed by atoms with Gasteiger partial charge in [0.2, 0.25) is 0 Å². The van der Waals surface area contributed by atoms with E-state index in [1.54, 1.807) is 0 Å². The van der Waals surface area contributed by atoms with E-state index in [0.29, 0.717) is 0 Å². The van der Waals surface area contributed by atoms with Gasteiger partial charge in [-0.1, -0.05) is 0 Å². The van der Waals surface area contributed by atoms with Crippen molar-refractivity contribution in [3.63, 3.8) is 0 Å². The molecule has 22 heavy (non-hydrogen) atoms. The maximum Gasteiger partial charge on any atom is 0.470 e. The Kier molecular flexibility index (Phi) is 4.42. The number of aromatic nitrogens is 2. The molecule has 2 heterocycles. The molecule has 1 aromatic heterocycles. The fourth-order valence-electron chi connectivity index (χ4n) is 2.33. The van der Waals surface area contributed by atoms with Crippen molar-refractivity contribution in [1.82, 2.24) is 9.55 Å². The number of aliphatic hydroxyl groups is 2. The molecular formula is C10H16N3O8P. The van der Waals surface area contributed by atoms with Gasteiger partial charge in [0, 0.05) is 6.20 Å². The summed E-state index contributed by atoms with van der Waals surface area (Å²) in [5.74, 6) is -0.0425. The first-order valence-electron chi connectivity index (χ1n) is 6.15. The zero-order valence-electron chi connectivity index (χ0n) is 11.4. The molecule has 0 bridgehead atoms. The zero-order valence-corrected chi connectivity index (χ0v) is 12.3. The summed E-state index contributed by atoms with van der Waals surface area (Å²) in [6.45, 7) is 0.608. The SMILES string of the molecule is C[C@@]1(n2ccc(N)nc2=O)O[C@H](CO)[C@@H](OP(=O)(O)O)[C@H]1O. The summed E-state index contributed by atoms with van der Waals surface area (Å²) in [5, 5.41) is 19.5. The summed E-state index contributed by atoms with van der Waals surface area (Å²) in [6.07, 6.45) is -3.24. The number of rotatable bonds is 4. The lowest BCUT2D eigenvalue weighted by Crippen LogP contribution is -2.48. The van der Waals surface area contributed by atoms with Crippen LogP contribution in [0.1, 0.15) is 6.92 Å².